The minimum atomic E-state index is 0.709. The first-order valence-corrected chi connectivity index (χ1v) is 5.98. The van der Waals surface area contributed by atoms with Crippen LogP contribution in [0.25, 0.3) is 10.1 Å². The number of rotatable bonds is 1. The van der Waals surface area contributed by atoms with E-state index >= 15 is 0 Å². The van der Waals surface area contributed by atoms with Gasteiger partial charge in [-0.2, -0.15) is 0 Å². The van der Waals surface area contributed by atoms with Crippen LogP contribution in [0.1, 0.15) is 10.4 Å². The molecule has 0 unspecified atom stereocenters. The number of carbonyl (C=O) groups is 1. The Hall–Kier alpha value is -0.0700. The second kappa shape index (κ2) is 3.59. The monoisotopic (exact) mass is 320 g/mol. The van der Waals surface area contributed by atoms with Crippen molar-refractivity contribution in [1.29, 1.82) is 0 Å². The van der Waals surface area contributed by atoms with E-state index in [0.29, 0.717) is 5.56 Å². The Morgan fingerprint density at radius 3 is 3.00 bits per heavy atom. The summed E-state index contributed by atoms with van der Waals surface area (Å²) in [5, 5.41) is 3.11. The number of hydrogen-bond donors (Lipinski definition) is 1. The lowest BCUT2D eigenvalue weighted by Crippen LogP contribution is -1.86. The molecule has 1 aromatic heterocycles. The van der Waals surface area contributed by atoms with Gasteiger partial charge in [-0.25, -0.2) is 0 Å². The van der Waals surface area contributed by atoms with E-state index in [4.69, 9.17) is 0 Å². The molecule has 1 heterocycles. The fourth-order valence-corrected chi connectivity index (χ4v) is 3.02. The van der Waals surface area contributed by atoms with E-state index in [0.717, 1.165) is 24.8 Å². The Morgan fingerprint density at radius 1 is 1.54 bits per heavy atom. The number of thiol groups is 1. The van der Waals surface area contributed by atoms with Gasteiger partial charge < -0.3 is 0 Å². The van der Waals surface area contributed by atoms with Crippen LogP contribution in [0.5, 0.6) is 0 Å². The highest BCUT2D eigenvalue weighted by Gasteiger charge is 2.09. The predicted molar refractivity (Wildman–Crippen MR) is 67.2 cm³/mol. The topological polar surface area (TPSA) is 17.1 Å². The molecule has 0 bridgehead atoms. The third kappa shape index (κ3) is 1.51. The lowest BCUT2D eigenvalue weighted by atomic mass is 10.2. The van der Waals surface area contributed by atoms with Gasteiger partial charge in [-0.1, -0.05) is 0 Å². The van der Waals surface area contributed by atoms with Crippen molar-refractivity contribution < 1.29 is 4.79 Å². The molecule has 0 N–H and O–H groups in total. The van der Waals surface area contributed by atoms with Gasteiger partial charge in [-0.15, -0.1) is 24.0 Å². The normalized spacial score (nSPS) is 10.6. The zero-order valence-corrected chi connectivity index (χ0v) is 10.3. The largest absolute Gasteiger partial charge is 0.298 e. The minimum absolute atomic E-state index is 0.709. The molecule has 0 amide bonds. The summed E-state index contributed by atoms with van der Waals surface area (Å²) >= 11 is 8.08. The maximum Gasteiger partial charge on any atom is 0.152 e. The highest BCUT2D eigenvalue weighted by Crippen LogP contribution is 2.31. The summed E-state index contributed by atoms with van der Waals surface area (Å²) in [4.78, 5) is 11.6. The molecule has 0 atom stereocenters. The van der Waals surface area contributed by atoms with Gasteiger partial charge in [0.15, 0.2) is 6.29 Å². The van der Waals surface area contributed by atoms with Crippen LogP contribution in [0.3, 0.4) is 0 Å². The summed E-state index contributed by atoms with van der Waals surface area (Å²) in [6.07, 6.45) is 0.878. The molecule has 0 saturated carbocycles. The fourth-order valence-electron chi connectivity index (χ4n) is 1.20. The van der Waals surface area contributed by atoms with E-state index < -0.39 is 0 Å². The molecule has 0 aliphatic heterocycles. The second-order valence-electron chi connectivity index (χ2n) is 2.58. The minimum Gasteiger partial charge on any atom is -0.298 e. The van der Waals surface area contributed by atoms with Crippen molar-refractivity contribution in [3.63, 3.8) is 0 Å². The van der Waals surface area contributed by atoms with Crippen LogP contribution in [0, 0.1) is 3.57 Å². The molecule has 0 saturated heterocycles. The van der Waals surface area contributed by atoms with Gasteiger partial charge in [-0.3, -0.25) is 4.79 Å². The Labute approximate surface area is 98.7 Å². The Kier molecular flexibility index (Phi) is 2.62. The van der Waals surface area contributed by atoms with E-state index in [1.54, 1.807) is 11.3 Å². The fraction of sp³-hybridized carbons (Fsp3) is 0. The van der Waals surface area contributed by atoms with E-state index in [-0.39, 0.29) is 0 Å². The highest BCUT2D eigenvalue weighted by atomic mass is 127. The van der Waals surface area contributed by atoms with Gasteiger partial charge in [0.2, 0.25) is 0 Å². The maximum atomic E-state index is 10.8. The molecule has 1 aromatic carbocycles. The van der Waals surface area contributed by atoms with Crippen LogP contribution in [0.2, 0.25) is 0 Å². The summed E-state index contributed by atoms with van der Waals surface area (Å²) in [5.41, 5.74) is 0.709. The summed E-state index contributed by atoms with van der Waals surface area (Å²) in [6.45, 7) is 0. The van der Waals surface area contributed by atoms with Crippen LogP contribution >= 0.6 is 46.6 Å². The molecule has 66 valence electrons. The standard InChI is InChI=1S/C9H5IOS2/c10-7-3-5-1-2-13-9(5)6(4-11)8(7)12/h1-4,12H. The zero-order chi connectivity index (χ0) is 9.42. The van der Waals surface area contributed by atoms with Crippen molar-refractivity contribution in [2.75, 3.05) is 0 Å². The van der Waals surface area contributed by atoms with Gasteiger partial charge in [0.25, 0.3) is 0 Å². The number of aldehydes is 1. The predicted octanol–water partition coefficient (Wildman–Crippen LogP) is 3.61. The molecule has 13 heavy (non-hydrogen) atoms. The summed E-state index contributed by atoms with van der Waals surface area (Å²) in [5.74, 6) is 0. The first-order chi connectivity index (χ1) is 6.24. The summed E-state index contributed by atoms with van der Waals surface area (Å²) in [6, 6.07) is 4.06. The van der Waals surface area contributed by atoms with Crippen LogP contribution in [0.4, 0.5) is 0 Å². The van der Waals surface area contributed by atoms with E-state index in [9.17, 15) is 4.79 Å². The van der Waals surface area contributed by atoms with Crippen LogP contribution in [-0.4, -0.2) is 6.29 Å². The molecule has 0 aliphatic rings. The lowest BCUT2D eigenvalue weighted by Gasteiger charge is -2.01. The second-order valence-corrected chi connectivity index (χ2v) is 5.10. The average Bonchev–Trinajstić information content (AvgIpc) is 2.54. The third-order valence-corrected chi connectivity index (χ3v) is 4.54. The smallest absolute Gasteiger partial charge is 0.152 e. The number of halogens is 1. The molecule has 2 rings (SSSR count). The van der Waals surface area contributed by atoms with Crippen molar-refractivity contribution in [3.05, 3.63) is 26.6 Å². The van der Waals surface area contributed by atoms with Crippen LogP contribution in [0.15, 0.2) is 22.4 Å². The summed E-state index contributed by atoms with van der Waals surface area (Å²) in [7, 11) is 0. The Balaban J connectivity index is 2.95. The number of carbonyl (C=O) groups excluding carboxylic acids is 1. The molecule has 4 heteroatoms. The van der Waals surface area contributed by atoms with Crippen LogP contribution in [-0.2, 0) is 0 Å². The Morgan fingerprint density at radius 2 is 2.31 bits per heavy atom. The van der Waals surface area contributed by atoms with Gasteiger partial charge in [0.1, 0.15) is 0 Å². The first-order valence-electron chi connectivity index (χ1n) is 3.58. The average molecular weight is 320 g/mol. The van der Waals surface area contributed by atoms with E-state index in [1.165, 1.54) is 0 Å². The van der Waals surface area contributed by atoms with E-state index in [2.05, 4.69) is 35.2 Å². The molecule has 0 fully saturated rings. The zero-order valence-electron chi connectivity index (χ0n) is 6.45. The molecular weight excluding hydrogens is 315 g/mol. The molecule has 0 radical (unpaired) electrons. The maximum absolute atomic E-state index is 10.8. The van der Waals surface area contributed by atoms with Crippen molar-refractivity contribution in [3.8, 4) is 0 Å². The lowest BCUT2D eigenvalue weighted by molar-refractivity contribution is 0.112. The molecule has 1 nitrogen and oxygen atoms in total. The molecule has 0 spiro atoms. The van der Waals surface area contributed by atoms with Gasteiger partial charge in [0, 0.05) is 18.7 Å². The van der Waals surface area contributed by atoms with E-state index in [1.807, 2.05) is 17.5 Å². The van der Waals surface area contributed by atoms with Gasteiger partial charge in [0.05, 0.1) is 0 Å². The third-order valence-electron chi connectivity index (χ3n) is 1.82. The van der Waals surface area contributed by atoms with Crippen LogP contribution < -0.4 is 0 Å². The number of fused-ring (bicyclic) bond motifs is 1. The number of thiophene rings is 1. The number of benzene rings is 1. The molecule has 2 aromatic rings. The molecule has 0 aliphatic carbocycles. The Bertz CT molecular complexity index is 476. The first kappa shape index (κ1) is 9.48. The quantitative estimate of drug-likeness (QED) is 0.483. The van der Waals surface area contributed by atoms with Crippen molar-refractivity contribution in [2.24, 2.45) is 0 Å². The van der Waals surface area contributed by atoms with Crippen molar-refractivity contribution in [2.45, 2.75) is 4.90 Å². The van der Waals surface area contributed by atoms with Gasteiger partial charge in [-0.05, 0) is 45.5 Å². The highest BCUT2D eigenvalue weighted by molar-refractivity contribution is 14.1. The van der Waals surface area contributed by atoms with Gasteiger partial charge >= 0.3 is 0 Å². The summed E-state index contributed by atoms with van der Waals surface area (Å²) < 4.78 is 2.05. The van der Waals surface area contributed by atoms with Crippen molar-refractivity contribution >= 4 is 62.9 Å². The van der Waals surface area contributed by atoms with Crippen molar-refractivity contribution in [1.82, 2.24) is 0 Å². The molecular formula is C9H5IOS2. The number of hydrogen-bond acceptors (Lipinski definition) is 3. The SMILES string of the molecule is O=Cc1c(S)c(I)cc2ccsc12.